The van der Waals surface area contributed by atoms with E-state index in [2.05, 4.69) is 27.9 Å². The van der Waals surface area contributed by atoms with Gasteiger partial charge in [-0.3, -0.25) is 9.59 Å². The standard InChI is InChI=1S/C23H29IN2O3/c1-4-17(3)25-23(28)21(5-2)26(15-18-9-7-6-8-10-18)22(27)16-29-20-13-11-19(24)12-14-20/h6-14,17,21H,4-5,15-16H2,1-3H3,(H,25,28)/t17-,21-/m1/s1. The Labute approximate surface area is 187 Å². The lowest BCUT2D eigenvalue weighted by atomic mass is 10.1. The van der Waals surface area contributed by atoms with Crippen molar-refractivity contribution in [2.24, 2.45) is 0 Å². The molecule has 29 heavy (non-hydrogen) atoms. The topological polar surface area (TPSA) is 58.6 Å². The number of hydrogen-bond acceptors (Lipinski definition) is 3. The lowest BCUT2D eigenvalue weighted by molar-refractivity contribution is -0.143. The number of benzene rings is 2. The van der Waals surface area contributed by atoms with E-state index in [9.17, 15) is 9.59 Å². The second kappa shape index (κ2) is 11.8. The highest BCUT2D eigenvalue weighted by molar-refractivity contribution is 14.1. The molecule has 0 spiro atoms. The second-order valence-electron chi connectivity index (χ2n) is 6.99. The van der Waals surface area contributed by atoms with Gasteiger partial charge in [-0.05, 0) is 72.2 Å². The summed E-state index contributed by atoms with van der Waals surface area (Å²) in [5.41, 5.74) is 0.977. The van der Waals surface area contributed by atoms with Crippen LogP contribution in [0.5, 0.6) is 5.75 Å². The van der Waals surface area contributed by atoms with Crippen molar-refractivity contribution in [2.45, 2.75) is 52.2 Å². The van der Waals surface area contributed by atoms with Crippen LogP contribution in [-0.2, 0) is 16.1 Å². The van der Waals surface area contributed by atoms with Gasteiger partial charge in [0, 0.05) is 16.2 Å². The fourth-order valence-electron chi connectivity index (χ4n) is 2.90. The van der Waals surface area contributed by atoms with Crippen LogP contribution in [0.4, 0.5) is 0 Å². The fraction of sp³-hybridized carbons (Fsp3) is 0.391. The zero-order chi connectivity index (χ0) is 21.2. The van der Waals surface area contributed by atoms with Gasteiger partial charge in [0.05, 0.1) is 0 Å². The molecule has 0 bridgehead atoms. The highest BCUT2D eigenvalue weighted by atomic mass is 127. The van der Waals surface area contributed by atoms with Crippen molar-refractivity contribution < 1.29 is 14.3 Å². The van der Waals surface area contributed by atoms with E-state index < -0.39 is 6.04 Å². The Morgan fingerprint density at radius 1 is 1.03 bits per heavy atom. The number of nitrogens with one attached hydrogen (secondary N) is 1. The first-order valence-electron chi connectivity index (χ1n) is 9.96. The molecule has 0 heterocycles. The fourth-order valence-corrected chi connectivity index (χ4v) is 3.26. The van der Waals surface area contributed by atoms with Crippen LogP contribution in [0.1, 0.15) is 39.2 Å². The molecule has 156 valence electrons. The van der Waals surface area contributed by atoms with Gasteiger partial charge in [-0.2, -0.15) is 0 Å². The molecule has 5 nitrogen and oxygen atoms in total. The highest BCUT2D eigenvalue weighted by Gasteiger charge is 2.29. The first-order valence-corrected chi connectivity index (χ1v) is 11.0. The summed E-state index contributed by atoms with van der Waals surface area (Å²) in [5, 5.41) is 3.01. The number of rotatable bonds is 10. The monoisotopic (exact) mass is 508 g/mol. The molecule has 1 N–H and O–H groups in total. The van der Waals surface area contributed by atoms with Crippen LogP contribution >= 0.6 is 22.6 Å². The molecule has 0 saturated carbocycles. The molecule has 6 heteroatoms. The molecule has 0 aliphatic rings. The van der Waals surface area contributed by atoms with Gasteiger partial charge in [0.2, 0.25) is 5.91 Å². The molecule has 0 radical (unpaired) electrons. The van der Waals surface area contributed by atoms with Crippen LogP contribution in [0.3, 0.4) is 0 Å². The van der Waals surface area contributed by atoms with E-state index in [-0.39, 0.29) is 24.5 Å². The number of carbonyl (C=O) groups is 2. The van der Waals surface area contributed by atoms with Gasteiger partial charge in [0.1, 0.15) is 11.8 Å². The van der Waals surface area contributed by atoms with Crippen molar-refractivity contribution in [3.8, 4) is 5.75 Å². The third kappa shape index (κ3) is 7.34. The van der Waals surface area contributed by atoms with Gasteiger partial charge >= 0.3 is 0 Å². The zero-order valence-corrected chi connectivity index (χ0v) is 19.4. The van der Waals surface area contributed by atoms with E-state index in [0.717, 1.165) is 15.6 Å². The van der Waals surface area contributed by atoms with Crippen LogP contribution in [-0.4, -0.2) is 35.4 Å². The van der Waals surface area contributed by atoms with Crippen LogP contribution in [0.25, 0.3) is 0 Å². The van der Waals surface area contributed by atoms with E-state index >= 15 is 0 Å². The van der Waals surface area contributed by atoms with Gasteiger partial charge in [-0.1, -0.05) is 44.2 Å². The van der Waals surface area contributed by atoms with Crippen LogP contribution < -0.4 is 10.1 Å². The molecule has 0 aliphatic carbocycles. The third-order valence-corrected chi connectivity index (χ3v) is 5.48. The molecule has 0 saturated heterocycles. The first-order chi connectivity index (χ1) is 13.9. The number of halogens is 1. The SMILES string of the molecule is CC[C@@H](C)NC(=O)[C@@H](CC)N(Cc1ccccc1)C(=O)COc1ccc(I)cc1. The average Bonchev–Trinajstić information content (AvgIpc) is 2.73. The van der Waals surface area contributed by atoms with Crippen molar-refractivity contribution in [3.05, 3.63) is 63.7 Å². The predicted octanol–water partition coefficient (Wildman–Crippen LogP) is 4.39. The summed E-state index contributed by atoms with van der Waals surface area (Å²) in [5.74, 6) is 0.300. The Hall–Kier alpha value is -2.09. The van der Waals surface area contributed by atoms with E-state index in [1.807, 2.05) is 75.4 Å². The zero-order valence-electron chi connectivity index (χ0n) is 17.2. The molecular weight excluding hydrogens is 479 g/mol. The van der Waals surface area contributed by atoms with Gasteiger partial charge in [-0.15, -0.1) is 0 Å². The minimum absolute atomic E-state index is 0.0632. The van der Waals surface area contributed by atoms with Gasteiger partial charge < -0.3 is 15.0 Å². The third-order valence-electron chi connectivity index (χ3n) is 4.76. The maximum absolute atomic E-state index is 13.1. The lowest BCUT2D eigenvalue weighted by Gasteiger charge is -2.31. The maximum Gasteiger partial charge on any atom is 0.261 e. The predicted molar refractivity (Wildman–Crippen MR) is 124 cm³/mol. The molecule has 2 aromatic rings. The smallest absolute Gasteiger partial charge is 0.261 e. The summed E-state index contributed by atoms with van der Waals surface area (Å²) in [6.07, 6.45) is 1.37. The average molecular weight is 508 g/mol. The molecule has 0 unspecified atom stereocenters. The van der Waals surface area contributed by atoms with Crippen molar-refractivity contribution in [3.63, 3.8) is 0 Å². The van der Waals surface area contributed by atoms with Crippen molar-refractivity contribution in [1.82, 2.24) is 10.2 Å². The summed E-state index contributed by atoms with van der Waals surface area (Å²) in [7, 11) is 0. The number of ether oxygens (including phenoxy) is 1. The minimum Gasteiger partial charge on any atom is -0.484 e. The van der Waals surface area contributed by atoms with Crippen LogP contribution in [0.2, 0.25) is 0 Å². The van der Waals surface area contributed by atoms with Crippen LogP contribution in [0, 0.1) is 3.57 Å². The number of nitrogens with zero attached hydrogens (tertiary/aromatic N) is 1. The Balaban J connectivity index is 2.16. The van der Waals surface area contributed by atoms with Crippen LogP contribution in [0.15, 0.2) is 54.6 Å². The maximum atomic E-state index is 13.1. The Morgan fingerprint density at radius 2 is 1.69 bits per heavy atom. The number of hydrogen-bond donors (Lipinski definition) is 1. The number of carbonyl (C=O) groups excluding carboxylic acids is 2. The Bertz CT molecular complexity index is 780. The van der Waals surface area contributed by atoms with Gasteiger partial charge in [0.25, 0.3) is 5.91 Å². The minimum atomic E-state index is -0.544. The van der Waals surface area contributed by atoms with Gasteiger partial charge in [0.15, 0.2) is 6.61 Å². The van der Waals surface area contributed by atoms with E-state index in [0.29, 0.717) is 18.7 Å². The molecule has 2 rings (SSSR count). The Morgan fingerprint density at radius 3 is 2.28 bits per heavy atom. The highest BCUT2D eigenvalue weighted by Crippen LogP contribution is 2.16. The first kappa shape index (κ1) is 23.2. The summed E-state index contributed by atoms with van der Waals surface area (Å²) >= 11 is 2.22. The largest absolute Gasteiger partial charge is 0.484 e. The summed E-state index contributed by atoms with van der Waals surface area (Å²) in [6, 6.07) is 16.8. The lowest BCUT2D eigenvalue weighted by Crippen LogP contribution is -2.51. The molecule has 0 aromatic heterocycles. The molecule has 2 atom stereocenters. The van der Waals surface area contributed by atoms with Gasteiger partial charge in [-0.25, -0.2) is 0 Å². The van der Waals surface area contributed by atoms with E-state index in [1.54, 1.807) is 4.90 Å². The van der Waals surface area contributed by atoms with E-state index in [1.165, 1.54) is 0 Å². The quantitative estimate of drug-likeness (QED) is 0.485. The Kier molecular flexibility index (Phi) is 9.44. The van der Waals surface area contributed by atoms with Crippen molar-refractivity contribution in [1.29, 1.82) is 0 Å². The normalized spacial score (nSPS) is 12.7. The van der Waals surface area contributed by atoms with E-state index in [4.69, 9.17) is 4.74 Å². The van der Waals surface area contributed by atoms with Crippen molar-refractivity contribution >= 4 is 34.4 Å². The molecule has 2 aromatic carbocycles. The molecule has 2 amide bonds. The summed E-state index contributed by atoms with van der Waals surface area (Å²) in [6.45, 7) is 6.16. The molecule has 0 fully saturated rings. The van der Waals surface area contributed by atoms with Crippen molar-refractivity contribution in [2.75, 3.05) is 6.61 Å². The summed E-state index contributed by atoms with van der Waals surface area (Å²) < 4.78 is 6.79. The number of amides is 2. The second-order valence-corrected chi connectivity index (χ2v) is 8.24. The summed E-state index contributed by atoms with van der Waals surface area (Å²) in [4.78, 5) is 27.5. The molecular formula is C23H29IN2O3. The molecule has 0 aliphatic heterocycles.